The van der Waals surface area contributed by atoms with Crippen LogP contribution in [0.15, 0.2) is 70.8 Å². The molecule has 0 spiro atoms. The molecule has 6 nitrogen and oxygen atoms in total. The molecule has 0 unspecified atom stereocenters. The van der Waals surface area contributed by atoms with Gasteiger partial charge in [-0.1, -0.05) is 66.5 Å². The first-order chi connectivity index (χ1) is 17.8. The highest BCUT2D eigenvalue weighted by Crippen LogP contribution is 2.42. The van der Waals surface area contributed by atoms with Crippen LogP contribution in [0.5, 0.6) is 5.75 Å². The van der Waals surface area contributed by atoms with E-state index in [1.165, 1.54) is 43.1 Å². The van der Waals surface area contributed by atoms with E-state index >= 15 is 0 Å². The Labute approximate surface area is 239 Å². The number of primary sulfonamides is 1. The lowest BCUT2D eigenvalue weighted by Crippen LogP contribution is -2.23. The number of nitrogens with two attached hydrogens (primary N) is 1. The van der Waals surface area contributed by atoms with Crippen LogP contribution < -0.4 is 9.88 Å². The average molecular weight is 615 g/mol. The van der Waals surface area contributed by atoms with E-state index in [9.17, 15) is 12.8 Å². The van der Waals surface area contributed by atoms with Crippen molar-refractivity contribution >= 4 is 56.6 Å². The van der Waals surface area contributed by atoms with E-state index in [2.05, 4.69) is 4.98 Å². The summed E-state index contributed by atoms with van der Waals surface area (Å²) in [5.74, 6) is 0.419. The van der Waals surface area contributed by atoms with Gasteiger partial charge in [-0.3, -0.25) is 4.57 Å². The number of hydrogen-bond acceptors (Lipinski definition) is 5. The summed E-state index contributed by atoms with van der Waals surface area (Å²) < 4.78 is 44.3. The minimum Gasteiger partial charge on any atom is -0.494 e. The molecule has 0 aliphatic heterocycles. The Morgan fingerprint density at radius 1 is 1.03 bits per heavy atom. The molecule has 1 aromatic heterocycles. The van der Waals surface area contributed by atoms with Crippen molar-refractivity contribution in [1.29, 1.82) is 0 Å². The van der Waals surface area contributed by atoms with Crippen molar-refractivity contribution in [2.45, 2.75) is 35.1 Å². The van der Waals surface area contributed by atoms with E-state index in [1.54, 1.807) is 36.5 Å². The van der Waals surface area contributed by atoms with E-state index in [4.69, 9.17) is 44.7 Å². The summed E-state index contributed by atoms with van der Waals surface area (Å²) in [4.78, 5) is 4.60. The molecule has 0 aliphatic carbocycles. The lowest BCUT2D eigenvalue weighted by atomic mass is 9.81. The summed E-state index contributed by atoms with van der Waals surface area (Å²) in [6.07, 6.45) is 1.75. The summed E-state index contributed by atoms with van der Waals surface area (Å²) in [6, 6.07) is 14.1. The minimum absolute atomic E-state index is 0.0649. The molecule has 0 aliphatic rings. The van der Waals surface area contributed by atoms with Gasteiger partial charge in [0.1, 0.15) is 5.82 Å². The Morgan fingerprint density at radius 2 is 1.66 bits per heavy atom. The molecule has 38 heavy (non-hydrogen) atoms. The maximum Gasteiger partial charge on any atom is 0.238 e. The smallest absolute Gasteiger partial charge is 0.238 e. The number of ether oxygens (including phenoxy) is 1. The van der Waals surface area contributed by atoms with E-state index in [0.717, 1.165) is 11.3 Å². The van der Waals surface area contributed by atoms with Crippen LogP contribution >= 0.6 is 46.6 Å². The number of thioether (sulfide) groups is 1. The fraction of sp³-hybridized carbons (Fsp3) is 0.192. The lowest BCUT2D eigenvalue weighted by Gasteiger charge is -2.28. The third-order valence-corrected chi connectivity index (χ3v) is 8.91. The van der Waals surface area contributed by atoms with Crippen molar-refractivity contribution in [3.63, 3.8) is 0 Å². The van der Waals surface area contributed by atoms with Crippen LogP contribution in [0.4, 0.5) is 4.39 Å². The molecule has 4 aromatic rings. The molecule has 0 fully saturated rings. The van der Waals surface area contributed by atoms with Gasteiger partial charge in [0.25, 0.3) is 0 Å². The second-order valence-corrected chi connectivity index (χ2v) is 12.6. The lowest BCUT2D eigenvalue weighted by molar-refractivity contribution is 0.414. The number of rotatable bonds is 8. The molecule has 0 bridgehead atoms. The van der Waals surface area contributed by atoms with Crippen LogP contribution in [-0.4, -0.2) is 25.1 Å². The first-order valence-electron chi connectivity index (χ1n) is 11.1. The maximum atomic E-state index is 13.8. The average Bonchev–Trinajstić information content (AvgIpc) is 3.27. The van der Waals surface area contributed by atoms with Gasteiger partial charge in [0.2, 0.25) is 10.0 Å². The van der Waals surface area contributed by atoms with Crippen molar-refractivity contribution < 1.29 is 17.5 Å². The number of aromatic nitrogens is 2. The zero-order valence-corrected chi connectivity index (χ0v) is 24.4. The fourth-order valence-electron chi connectivity index (χ4n) is 3.95. The van der Waals surface area contributed by atoms with Gasteiger partial charge in [-0.05, 0) is 59.7 Å². The number of nitrogens with zero attached hydrogens (tertiary/aromatic N) is 2. The van der Waals surface area contributed by atoms with Crippen LogP contribution in [0.2, 0.25) is 15.1 Å². The number of sulfonamides is 1. The van der Waals surface area contributed by atoms with Gasteiger partial charge < -0.3 is 4.74 Å². The first kappa shape index (κ1) is 28.7. The van der Waals surface area contributed by atoms with E-state index in [-0.39, 0.29) is 15.7 Å². The van der Waals surface area contributed by atoms with Crippen molar-refractivity contribution in [2.75, 3.05) is 7.11 Å². The van der Waals surface area contributed by atoms with E-state index < -0.39 is 15.4 Å². The van der Waals surface area contributed by atoms with Gasteiger partial charge in [-0.2, -0.15) is 0 Å². The largest absolute Gasteiger partial charge is 0.494 e. The van der Waals surface area contributed by atoms with Gasteiger partial charge in [0.05, 0.1) is 33.9 Å². The molecule has 3 aromatic carbocycles. The SMILES string of the molecule is COc1c(Cl)cc(C(C)(C)c2cnc(SCc3ccc(S(N)(=O)=O)cc3Cl)n2-c2ccc(F)cc2)cc1Cl. The standard InChI is InChI=1S/C26H23Cl3FN3O3S2/c1-26(2,16-10-21(28)24(36-3)22(29)11-16)23-13-32-25(33(23)18-7-5-17(30)6-8-18)37-14-15-4-9-19(12-20(15)27)38(31,34)35/h4-13H,14H2,1-3H3,(H2,31,34,35). The number of hydrogen-bond donors (Lipinski definition) is 1. The van der Waals surface area contributed by atoms with Gasteiger partial charge in [-0.15, -0.1) is 0 Å². The zero-order valence-electron chi connectivity index (χ0n) is 20.5. The minimum atomic E-state index is -3.87. The summed E-state index contributed by atoms with van der Waals surface area (Å²) in [5.41, 5.74) is 2.41. The third kappa shape index (κ3) is 5.83. The third-order valence-electron chi connectivity index (χ3n) is 6.09. The highest BCUT2D eigenvalue weighted by Gasteiger charge is 2.31. The van der Waals surface area contributed by atoms with Crippen molar-refractivity contribution in [1.82, 2.24) is 9.55 Å². The molecule has 1 heterocycles. The molecular formula is C26H23Cl3FN3O3S2. The van der Waals surface area contributed by atoms with Crippen LogP contribution in [0, 0.1) is 5.82 Å². The molecule has 0 saturated carbocycles. The molecule has 0 radical (unpaired) electrons. The maximum absolute atomic E-state index is 13.8. The van der Waals surface area contributed by atoms with Crippen LogP contribution in [-0.2, 0) is 21.2 Å². The normalized spacial score (nSPS) is 12.1. The predicted octanol–water partition coefficient (Wildman–Crippen LogP) is 7.25. The van der Waals surface area contributed by atoms with Crippen molar-refractivity contribution in [3.05, 3.63) is 98.5 Å². The number of benzene rings is 3. The quantitative estimate of drug-likeness (QED) is 0.211. The fourth-order valence-corrected chi connectivity index (χ4v) is 6.51. The Bertz CT molecular complexity index is 1580. The molecule has 0 amide bonds. The summed E-state index contributed by atoms with van der Waals surface area (Å²) in [5, 5.41) is 6.86. The van der Waals surface area contributed by atoms with Gasteiger partial charge >= 0.3 is 0 Å². The molecule has 0 saturated heterocycles. The molecule has 200 valence electrons. The van der Waals surface area contributed by atoms with Crippen LogP contribution in [0.3, 0.4) is 0 Å². The molecule has 12 heteroatoms. The molecule has 2 N–H and O–H groups in total. The van der Waals surface area contributed by atoms with Gasteiger partial charge in [-0.25, -0.2) is 22.9 Å². The Morgan fingerprint density at radius 3 is 2.21 bits per heavy atom. The monoisotopic (exact) mass is 613 g/mol. The molecule has 0 atom stereocenters. The van der Waals surface area contributed by atoms with E-state index in [1.807, 2.05) is 18.4 Å². The van der Waals surface area contributed by atoms with Crippen molar-refractivity contribution in [3.8, 4) is 11.4 Å². The number of halogens is 4. The van der Waals surface area contributed by atoms with Gasteiger partial charge in [0, 0.05) is 21.9 Å². The predicted molar refractivity (Wildman–Crippen MR) is 151 cm³/mol. The Kier molecular flexibility index (Phi) is 8.37. The molecular weight excluding hydrogens is 592 g/mol. The second kappa shape index (κ2) is 11.1. The van der Waals surface area contributed by atoms with E-state index in [0.29, 0.717) is 38.0 Å². The van der Waals surface area contributed by atoms with Crippen LogP contribution in [0.25, 0.3) is 5.69 Å². The second-order valence-electron chi connectivity index (χ2n) is 8.92. The topological polar surface area (TPSA) is 87.2 Å². The molecule has 4 rings (SSSR count). The highest BCUT2D eigenvalue weighted by atomic mass is 35.5. The highest BCUT2D eigenvalue weighted by molar-refractivity contribution is 7.98. The van der Waals surface area contributed by atoms with Crippen molar-refractivity contribution in [2.24, 2.45) is 5.14 Å². The summed E-state index contributed by atoms with van der Waals surface area (Å²) in [7, 11) is -2.37. The number of methoxy groups -OCH3 is 1. The summed E-state index contributed by atoms with van der Waals surface area (Å²) in [6.45, 7) is 4.02. The summed E-state index contributed by atoms with van der Waals surface area (Å²) >= 11 is 20.6. The zero-order chi connectivity index (χ0) is 27.8. The number of imidazole rings is 1. The van der Waals surface area contributed by atoms with Crippen LogP contribution in [0.1, 0.15) is 30.7 Å². The Balaban J connectivity index is 1.77. The Hall–Kier alpha value is -2.27. The first-order valence-corrected chi connectivity index (χ1v) is 14.8. The van der Waals surface area contributed by atoms with Gasteiger partial charge in [0.15, 0.2) is 10.9 Å².